The van der Waals surface area contributed by atoms with Gasteiger partial charge in [0.05, 0.1) is 6.07 Å². The number of halogens is 1. The molecular weight excluding hydrogens is 302 g/mol. The van der Waals surface area contributed by atoms with Crippen LogP contribution in [0, 0.1) is 23.2 Å². The van der Waals surface area contributed by atoms with Gasteiger partial charge in [-0.2, -0.15) is 5.26 Å². The van der Waals surface area contributed by atoms with E-state index < -0.39 is 5.92 Å². The number of hydrogen-bond acceptors (Lipinski definition) is 2. The summed E-state index contributed by atoms with van der Waals surface area (Å²) >= 11 is 3.44. The number of rotatable bonds is 3. The van der Waals surface area contributed by atoms with E-state index in [2.05, 4.69) is 28.9 Å². The minimum atomic E-state index is -0.631. The predicted molar refractivity (Wildman–Crippen MR) is 78.6 cm³/mol. The first kappa shape index (κ1) is 14.3. The number of carbonyl (C=O) groups is 1. The van der Waals surface area contributed by atoms with E-state index in [4.69, 9.17) is 0 Å². The average molecular weight is 320 g/mol. The summed E-state index contributed by atoms with van der Waals surface area (Å²) in [5, 5.41) is 9.37. The fraction of sp³-hybridized carbons (Fsp3) is 0.500. The van der Waals surface area contributed by atoms with Crippen molar-refractivity contribution >= 4 is 21.7 Å². The molecule has 19 heavy (non-hydrogen) atoms. The van der Waals surface area contributed by atoms with Gasteiger partial charge in [0.25, 0.3) is 0 Å². The van der Waals surface area contributed by atoms with Gasteiger partial charge in [-0.3, -0.25) is 4.79 Å². The maximum atomic E-state index is 12.5. The van der Waals surface area contributed by atoms with Gasteiger partial charge in [-0.25, -0.2) is 0 Å². The molecule has 1 unspecified atom stereocenters. The first-order valence-electron chi connectivity index (χ1n) is 6.81. The van der Waals surface area contributed by atoms with E-state index in [0.717, 1.165) is 35.7 Å². The Morgan fingerprint density at radius 1 is 1.32 bits per heavy atom. The van der Waals surface area contributed by atoms with Crippen LogP contribution in [0.15, 0.2) is 28.7 Å². The van der Waals surface area contributed by atoms with Crippen molar-refractivity contribution in [2.75, 3.05) is 0 Å². The van der Waals surface area contributed by atoms with Crippen LogP contribution in [0.4, 0.5) is 0 Å². The Kier molecular flexibility index (Phi) is 4.76. The quantitative estimate of drug-likeness (QED) is 0.825. The minimum absolute atomic E-state index is 0.0629. The van der Waals surface area contributed by atoms with E-state index in [1.54, 1.807) is 0 Å². The molecule has 0 amide bonds. The fourth-order valence-electron chi connectivity index (χ4n) is 2.78. The normalized spacial score (nSPS) is 24.5. The van der Waals surface area contributed by atoms with Gasteiger partial charge < -0.3 is 0 Å². The first-order chi connectivity index (χ1) is 9.13. The zero-order chi connectivity index (χ0) is 13.8. The number of nitriles is 1. The van der Waals surface area contributed by atoms with E-state index in [1.807, 2.05) is 24.3 Å². The summed E-state index contributed by atoms with van der Waals surface area (Å²) in [4.78, 5) is 12.5. The molecule has 0 aliphatic heterocycles. The number of nitrogens with zero attached hydrogens (tertiary/aromatic N) is 1. The van der Waals surface area contributed by atoms with Crippen LogP contribution >= 0.6 is 15.9 Å². The van der Waals surface area contributed by atoms with Crippen LogP contribution in [-0.4, -0.2) is 5.78 Å². The van der Waals surface area contributed by atoms with Crippen molar-refractivity contribution in [3.8, 4) is 6.07 Å². The third kappa shape index (κ3) is 3.25. The summed E-state index contributed by atoms with van der Waals surface area (Å²) in [5.74, 6) is 0.247. The largest absolute Gasteiger partial charge is 0.298 e. The van der Waals surface area contributed by atoms with Crippen molar-refractivity contribution < 1.29 is 4.79 Å². The lowest BCUT2D eigenvalue weighted by atomic mass is 9.77. The van der Waals surface area contributed by atoms with E-state index in [1.165, 1.54) is 0 Å². The third-order valence-corrected chi connectivity index (χ3v) is 4.77. The summed E-state index contributed by atoms with van der Waals surface area (Å²) in [7, 11) is 0. The average Bonchev–Trinajstić information content (AvgIpc) is 2.42. The fourth-order valence-corrected chi connectivity index (χ4v) is 3.29. The molecule has 1 saturated carbocycles. The molecule has 3 heteroatoms. The zero-order valence-corrected chi connectivity index (χ0v) is 12.7. The van der Waals surface area contributed by atoms with Crippen LogP contribution in [0.5, 0.6) is 0 Å². The van der Waals surface area contributed by atoms with Gasteiger partial charge in [0.1, 0.15) is 5.92 Å². The third-order valence-electron chi connectivity index (χ3n) is 4.05. The van der Waals surface area contributed by atoms with Crippen LogP contribution < -0.4 is 0 Å². The Balaban J connectivity index is 2.17. The molecule has 1 aliphatic carbocycles. The lowest BCUT2D eigenvalue weighted by molar-refractivity contribution is -0.124. The van der Waals surface area contributed by atoms with Gasteiger partial charge in [-0.15, -0.1) is 0 Å². The standard InChI is InChI=1S/C16H18BrNO/c1-11-6-8-12(9-7-11)16(19)14(10-18)13-4-2-3-5-15(13)17/h2-5,11-12,14H,6-9H2,1H3. The van der Waals surface area contributed by atoms with Gasteiger partial charge in [0, 0.05) is 10.4 Å². The Morgan fingerprint density at radius 3 is 2.53 bits per heavy atom. The molecule has 1 fully saturated rings. The molecule has 0 N–H and O–H groups in total. The van der Waals surface area contributed by atoms with Crippen LogP contribution in [-0.2, 0) is 4.79 Å². The van der Waals surface area contributed by atoms with Crippen molar-refractivity contribution in [2.24, 2.45) is 11.8 Å². The second-order valence-corrected chi connectivity index (χ2v) is 6.30. The maximum Gasteiger partial charge on any atom is 0.157 e. The van der Waals surface area contributed by atoms with Gasteiger partial charge in [0.15, 0.2) is 5.78 Å². The summed E-state index contributed by atoms with van der Waals surface area (Å²) < 4.78 is 0.846. The molecule has 0 aromatic heterocycles. The maximum absolute atomic E-state index is 12.5. The van der Waals surface area contributed by atoms with Crippen LogP contribution in [0.1, 0.15) is 44.1 Å². The number of carbonyl (C=O) groups excluding carboxylic acids is 1. The van der Waals surface area contributed by atoms with Gasteiger partial charge in [0.2, 0.25) is 0 Å². The van der Waals surface area contributed by atoms with E-state index in [9.17, 15) is 10.1 Å². The summed E-state index contributed by atoms with van der Waals surface area (Å²) in [6.07, 6.45) is 4.07. The molecule has 0 heterocycles. The lowest BCUT2D eigenvalue weighted by Gasteiger charge is -2.26. The zero-order valence-electron chi connectivity index (χ0n) is 11.1. The second-order valence-electron chi connectivity index (χ2n) is 5.44. The van der Waals surface area contributed by atoms with Crippen molar-refractivity contribution in [3.05, 3.63) is 34.3 Å². The summed E-state index contributed by atoms with van der Waals surface area (Å²) in [5.41, 5.74) is 0.800. The monoisotopic (exact) mass is 319 g/mol. The van der Waals surface area contributed by atoms with Gasteiger partial charge >= 0.3 is 0 Å². The molecule has 0 bridgehead atoms. The van der Waals surface area contributed by atoms with Crippen LogP contribution in [0.3, 0.4) is 0 Å². The molecule has 0 radical (unpaired) electrons. The Bertz CT molecular complexity index is 498. The molecule has 1 aromatic carbocycles. The molecule has 0 spiro atoms. The number of Topliss-reactive ketones (excluding diaryl/α,β-unsaturated/α-hetero) is 1. The van der Waals surface area contributed by atoms with E-state index in [0.29, 0.717) is 5.92 Å². The summed E-state index contributed by atoms with van der Waals surface area (Å²) in [6.45, 7) is 2.23. The topological polar surface area (TPSA) is 40.9 Å². The van der Waals surface area contributed by atoms with Crippen molar-refractivity contribution in [3.63, 3.8) is 0 Å². The van der Waals surface area contributed by atoms with E-state index in [-0.39, 0.29) is 11.7 Å². The molecule has 100 valence electrons. The molecule has 1 atom stereocenters. The molecule has 2 rings (SSSR count). The highest BCUT2D eigenvalue weighted by Crippen LogP contribution is 2.34. The first-order valence-corrected chi connectivity index (χ1v) is 7.60. The Labute approximate surface area is 122 Å². The smallest absolute Gasteiger partial charge is 0.157 e. The predicted octanol–water partition coefficient (Wildman–Crippen LogP) is 4.45. The molecule has 0 saturated heterocycles. The van der Waals surface area contributed by atoms with E-state index >= 15 is 0 Å². The number of benzene rings is 1. The highest BCUT2D eigenvalue weighted by atomic mass is 79.9. The lowest BCUT2D eigenvalue weighted by Crippen LogP contribution is -2.25. The molecule has 1 aromatic rings. The SMILES string of the molecule is CC1CCC(C(=O)C(C#N)c2ccccc2Br)CC1. The molecular formula is C16H18BrNO. The van der Waals surface area contributed by atoms with Crippen molar-refractivity contribution in [1.82, 2.24) is 0 Å². The number of hydrogen-bond donors (Lipinski definition) is 0. The van der Waals surface area contributed by atoms with Crippen LogP contribution in [0.25, 0.3) is 0 Å². The minimum Gasteiger partial charge on any atom is -0.298 e. The van der Waals surface area contributed by atoms with Crippen LogP contribution in [0.2, 0.25) is 0 Å². The van der Waals surface area contributed by atoms with Crippen molar-refractivity contribution in [1.29, 1.82) is 5.26 Å². The van der Waals surface area contributed by atoms with Crippen molar-refractivity contribution in [2.45, 2.75) is 38.5 Å². The highest BCUT2D eigenvalue weighted by Gasteiger charge is 2.31. The van der Waals surface area contributed by atoms with Gasteiger partial charge in [-0.1, -0.05) is 53.9 Å². The molecule has 1 aliphatic rings. The second kappa shape index (κ2) is 6.34. The summed E-state index contributed by atoms with van der Waals surface area (Å²) in [6, 6.07) is 9.71. The Morgan fingerprint density at radius 2 is 1.95 bits per heavy atom. The molecule has 2 nitrogen and oxygen atoms in total. The highest BCUT2D eigenvalue weighted by molar-refractivity contribution is 9.10. The number of ketones is 1. The Hall–Kier alpha value is -1.14. The van der Waals surface area contributed by atoms with Gasteiger partial charge in [-0.05, 0) is 30.4 Å².